The van der Waals surface area contributed by atoms with Crippen molar-refractivity contribution in [1.82, 2.24) is 4.90 Å². The molecular weight excluding hydrogens is 274 g/mol. The molecule has 1 aliphatic rings. The fraction of sp³-hybridized carbons (Fsp3) is 0.533. The minimum Gasteiger partial charge on any atom is -0.469 e. The van der Waals surface area contributed by atoms with Gasteiger partial charge in [-0.25, -0.2) is 0 Å². The van der Waals surface area contributed by atoms with Gasteiger partial charge in [0.2, 0.25) is 0 Å². The average molecular weight is 293 g/mol. The molecule has 0 atom stereocenters. The molecule has 108 valence electrons. The van der Waals surface area contributed by atoms with Gasteiger partial charge in [0, 0.05) is 11.4 Å². The Kier molecular flexibility index (Phi) is 5.60. The first kappa shape index (κ1) is 15.0. The molecule has 1 aliphatic heterocycles. The molecule has 20 heavy (non-hydrogen) atoms. The Morgan fingerprint density at radius 1 is 1.50 bits per heavy atom. The van der Waals surface area contributed by atoms with E-state index in [0.29, 0.717) is 0 Å². The predicted molar refractivity (Wildman–Crippen MR) is 78.3 cm³/mol. The zero-order valence-corrected chi connectivity index (χ0v) is 12.4. The number of piperidine rings is 1. The lowest BCUT2D eigenvalue weighted by Gasteiger charge is -2.30. The molecule has 1 N–H and O–H groups in total. The third-order valence-electron chi connectivity index (χ3n) is 3.45. The summed E-state index contributed by atoms with van der Waals surface area (Å²) in [6, 6.07) is 4.07. The van der Waals surface area contributed by atoms with Crippen LogP contribution in [0.3, 0.4) is 0 Å². The number of nitrogens with zero attached hydrogens (tertiary/aromatic N) is 1. The van der Waals surface area contributed by atoms with Crippen LogP contribution in [0.2, 0.25) is 0 Å². The second kappa shape index (κ2) is 7.44. The van der Waals surface area contributed by atoms with Gasteiger partial charge >= 0.3 is 5.97 Å². The van der Waals surface area contributed by atoms with E-state index in [1.165, 1.54) is 12.0 Å². The smallest absolute Gasteiger partial charge is 0.308 e. The number of ether oxygens (including phenoxy) is 1. The highest BCUT2D eigenvalue weighted by Gasteiger charge is 2.25. The number of thiophene rings is 1. The number of rotatable bonds is 3. The summed E-state index contributed by atoms with van der Waals surface area (Å²) in [6.45, 7) is 2.65. The van der Waals surface area contributed by atoms with Crippen LogP contribution in [0.15, 0.2) is 12.1 Å². The van der Waals surface area contributed by atoms with Crippen LogP contribution in [-0.2, 0) is 16.1 Å². The summed E-state index contributed by atoms with van der Waals surface area (Å²) in [5, 5.41) is 8.67. The SMILES string of the molecule is COC(=O)C1CCN(Cc2ccc(C#CCO)s2)CC1. The molecular formula is C15H19NO3S. The molecule has 0 amide bonds. The summed E-state index contributed by atoms with van der Waals surface area (Å²) < 4.78 is 4.79. The zero-order valence-electron chi connectivity index (χ0n) is 11.6. The molecule has 0 radical (unpaired) electrons. The van der Waals surface area contributed by atoms with E-state index in [4.69, 9.17) is 9.84 Å². The second-order valence-corrected chi connectivity index (χ2v) is 5.97. The van der Waals surface area contributed by atoms with E-state index in [2.05, 4.69) is 22.8 Å². The van der Waals surface area contributed by atoms with Crippen LogP contribution in [0.5, 0.6) is 0 Å². The Bertz CT molecular complexity index is 507. The van der Waals surface area contributed by atoms with Crippen LogP contribution >= 0.6 is 11.3 Å². The van der Waals surface area contributed by atoms with Gasteiger partial charge in [-0.05, 0) is 38.1 Å². The number of carbonyl (C=O) groups is 1. The van der Waals surface area contributed by atoms with E-state index in [-0.39, 0.29) is 18.5 Å². The third-order valence-corrected chi connectivity index (χ3v) is 4.44. The predicted octanol–water partition coefficient (Wildman–Crippen LogP) is 1.48. The van der Waals surface area contributed by atoms with Crippen molar-refractivity contribution >= 4 is 17.3 Å². The molecule has 1 saturated heterocycles. The molecule has 2 heterocycles. The lowest BCUT2D eigenvalue weighted by atomic mass is 9.97. The van der Waals surface area contributed by atoms with Crippen LogP contribution < -0.4 is 0 Å². The van der Waals surface area contributed by atoms with Crippen LogP contribution in [0.25, 0.3) is 0 Å². The van der Waals surface area contributed by atoms with Crippen LogP contribution in [0.4, 0.5) is 0 Å². The molecule has 0 saturated carbocycles. The van der Waals surface area contributed by atoms with Gasteiger partial charge in [-0.3, -0.25) is 9.69 Å². The minimum absolute atomic E-state index is 0.0607. The highest BCUT2D eigenvalue weighted by atomic mass is 32.1. The Morgan fingerprint density at radius 3 is 2.90 bits per heavy atom. The average Bonchev–Trinajstić information content (AvgIpc) is 2.92. The number of esters is 1. The number of likely N-dealkylation sites (tertiary alicyclic amines) is 1. The van der Waals surface area contributed by atoms with Gasteiger partial charge in [-0.1, -0.05) is 11.8 Å². The number of carbonyl (C=O) groups excluding carboxylic acids is 1. The van der Waals surface area contributed by atoms with Crippen molar-refractivity contribution in [1.29, 1.82) is 0 Å². The zero-order chi connectivity index (χ0) is 14.4. The van der Waals surface area contributed by atoms with Crippen molar-refractivity contribution in [2.45, 2.75) is 19.4 Å². The minimum atomic E-state index is -0.103. The van der Waals surface area contributed by atoms with E-state index in [0.717, 1.165) is 37.4 Å². The molecule has 0 aromatic carbocycles. The molecule has 0 aliphatic carbocycles. The van der Waals surface area contributed by atoms with Gasteiger partial charge in [0.15, 0.2) is 0 Å². The standard InChI is InChI=1S/C15H19NO3S/c1-19-15(18)12-6-8-16(9-7-12)11-14-5-4-13(20-14)3-2-10-17/h4-5,12,17H,6-11H2,1H3. The van der Waals surface area contributed by atoms with Crippen LogP contribution in [0.1, 0.15) is 22.6 Å². The fourth-order valence-electron chi connectivity index (χ4n) is 2.37. The number of aliphatic hydroxyl groups excluding tert-OH is 1. The molecule has 0 unspecified atom stereocenters. The van der Waals surface area contributed by atoms with Gasteiger partial charge in [-0.2, -0.15) is 0 Å². The summed E-state index contributed by atoms with van der Waals surface area (Å²) in [4.78, 5) is 16.1. The number of aliphatic hydroxyl groups is 1. The Labute approximate surface area is 123 Å². The van der Waals surface area contributed by atoms with E-state index < -0.39 is 0 Å². The van der Waals surface area contributed by atoms with E-state index in [1.807, 2.05) is 6.07 Å². The first-order valence-corrected chi connectivity index (χ1v) is 7.53. The lowest BCUT2D eigenvalue weighted by Crippen LogP contribution is -2.36. The molecule has 0 spiro atoms. The molecule has 1 aromatic rings. The lowest BCUT2D eigenvalue weighted by molar-refractivity contribution is -0.147. The van der Waals surface area contributed by atoms with Crippen molar-refractivity contribution < 1.29 is 14.6 Å². The normalized spacial score (nSPS) is 16.5. The summed E-state index contributed by atoms with van der Waals surface area (Å²) in [5.74, 6) is 5.56. The van der Waals surface area contributed by atoms with E-state index >= 15 is 0 Å². The topological polar surface area (TPSA) is 49.8 Å². The molecule has 0 bridgehead atoms. The van der Waals surface area contributed by atoms with Gasteiger partial charge in [0.25, 0.3) is 0 Å². The molecule has 1 fully saturated rings. The summed E-state index contributed by atoms with van der Waals surface area (Å²) in [5.41, 5.74) is 0. The largest absolute Gasteiger partial charge is 0.469 e. The number of hydrogen-bond acceptors (Lipinski definition) is 5. The molecule has 1 aromatic heterocycles. The van der Waals surface area contributed by atoms with Crippen molar-refractivity contribution in [2.24, 2.45) is 5.92 Å². The molecule has 5 heteroatoms. The van der Waals surface area contributed by atoms with Gasteiger partial charge in [0.05, 0.1) is 17.9 Å². The summed E-state index contributed by atoms with van der Waals surface area (Å²) in [7, 11) is 1.45. The third kappa shape index (κ3) is 4.07. The van der Waals surface area contributed by atoms with Crippen molar-refractivity contribution in [3.05, 3.63) is 21.9 Å². The molecule has 4 nitrogen and oxygen atoms in total. The van der Waals surface area contributed by atoms with Crippen LogP contribution in [-0.4, -0.2) is 42.8 Å². The van der Waals surface area contributed by atoms with Gasteiger partial charge in [-0.15, -0.1) is 11.3 Å². The monoisotopic (exact) mass is 293 g/mol. The van der Waals surface area contributed by atoms with E-state index in [1.54, 1.807) is 11.3 Å². The quantitative estimate of drug-likeness (QED) is 0.677. The molecule has 2 rings (SSSR count). The van der Waals surface area contributed by atoms with Gasteiger partial charge in [0.1, 0.15) is 6.61 Å². The summed E-state index contributed by atoms with van der Waals surface area (Å²) >= 11 is 1.66. The van der Waals surface area contributed by atoms with Crippen molar-refractivity contribution in [2.75, 3.05) is 26.8 Å². The summed E-state index contributed by atoms with van der Waals surface area (Å²) in [6.07, 6.45) is 1.74. The first-order valence-electron chi connectivity index (χ1n) is 6.71. The maximum absolute atomic E-state index is 11.5. The Balaban J connectivity index is 1.83. The van der Waals surface area contributed by atoms with Crippen molar-refractivity contribution in [3.8, 4) is 11.8 Å². The number of hydrogen-bond donors (Lipinski definition) is 1. The highest BCUT2D eigenvalue weighted by Crippen LogP contribution is 2.23. The number of methoxy groups -OCH3 is 1. The fourth-order valence-corrected chi connectivity index (χ4v) is 3.30. The first-order chi connectivity index (χ1) is 9.72. The Morgan fingerprint density at radius 2 is 2.25 bits per heavy atom. The maximum atomic E-state index is 11.5. The van der Waals surface area contributed by atoms with Gasteiger partial charge < -0.3 is 9.84 Å². The second-order valence-electron chi connectivity index (χ2n) is 4.80. The van der Waals surface area contributed by atoms with Crippen LogP contribution in [0, 0.1) is 17.8 Å². The highest BCUT2D eigenvalue weighted by molar-refractivity contribution is 7.12. The van der Waals surface area contributed by atoms with Crippen molar-refractivity contribution in [3.63, 3.8) is 0 Å². The van der Waals surface area contributed by atoms with E-state index in [9.17, 15) is 4.79 Å². The Hall–Kier alpha value is -1.35. The maximum Gasteiger partial charge on any atom is 0.308 e.